The van der Waals surface area contributed by atoms with E-state index in [1.54, 1.807) is 12.1 Å². The van der Waals surface area contributed by atoms with Crippen LogP contribution < -0.4 is 5.63 Å². The van der Waals surface area contributed by atoms with Crippen molar-refractivity contribution in [1.29, 1.82) is 0 Å². The highest BCUT2D eigenvalue weighted by atomic mass is 32.2. The van der Waals surface area contributed by atoms with Crippen LogP contribution in [0.3, 0.4) is 0 Å². The second-order valence-electron chi connectivity index (χ2n) is 4.49. The zero-order valence-electron chi connectivity index (χ0n) is 10.5. The summed E-state index contributed by atoms with van der Waals surface area (Å²) in [5.74, 6) is 6.96. The standard InChI is InChI=1S/C15H10O4S/c16-8-12-5-11-6-13-9-20(18)4-2-1-3-10(13)7-14(11)19-15(12)17/h5-8H,2,4,9H2. The summed E-state index contributed by atoms with van der Waals surface area (Å²) in [4.78, 5) is 22.3. The van der Waals surface area contributed by atoms with Gasteiger partial charge in [0.15, 0.2) is 6.29 Å². The number of benzene rings is 1. The quantitative estimate of drug-likeness (QED) is 0.454. The van der Waals surface area contributed by atoms with Crippen molar-refractivity contribution in [2.75, 3.05) is 5.75 Å². The van der Waals surface area contributed by atoms with Crippen molar-refractivity contribution >= 4 is 28.1 Å². The lowest BCUT2D eigenvalue weighted by molar-refractivity contribution is 0.112. The first-order valence-electron chi connectivity index (χ1n) is 6.07. The summed E-state index contributed by atoms with van der Waals surface area (Å²) in [7, 11) is -0.949. The molecule has 1 aromatic carbocycles. The topological polar surface area (TPSA) is 64.3 Å². The molecule has 0 saturated heterocycles. The molecule has 1 aromatic heterocycles. The van der Waals surface area contributed by atoms with Crippen LogP contribution in [-0.2, 0) is 16.6 Å². The van der Waals surface area contributed by atoms with Crippen LogP contribution in [0.5, 0.6) is 0 Å². The highest BCUT2D eigenvalue weighted by Crippen LogP contribution is 2.21. The maximum atomic E-state index is 11.8. The Morgan fingerprint density at radius 3 is 2.95 bits per heavy atom. The van der Waals surface area contributed by atoms with E-state index in [0.29, 0.717) is 35.2 Å². The van der Waals surface area contributed by atoms with Crippen LogP contribution >= 0.6 is 0 Å². The monoisotopic (exact) mass is 286 g/mol. The van der Waals surface area contributed by atoms with Gasteiger partial charge < -0.3 is 4.42 Å². The van der Waals surface area contributed by atoms with E-state index < -0.39 is 16.4 Å². The first kappa shape index (κ1) is 12.8. The lowest BCUT2D eigenvalue weighted by atomic mass is 10.0. The summed E-state index contributed by atoms with van der Waals surface area (Å²) >= 11 is 0. The fourth-order valence-electron chi connectivity index (χ4n) is 2.12. The van der Waals surface area contributed by atoms with Gasteiger partial charge in [-0.25, -0.2) is 4.79 Å². The van der Waals surface area contributed by atoms with Crippen molar-refractivity contribution < 1.29 is 13.4 Å². The Balaban J connectivity index is 2.28. The van der Waals surface area contributed by atoms with E-state index in [2.05, 4.69) is 11.8 Å². The molecule has 0 aliphatic carbocycles. The average Bonchev–Trinajstić information content (AvgIpc) is 2.41. The van der Waals surface area contributed by atoms with E-state index in [1.165, 1.54) is 6.07 Å². The van der Waals surface area contributed by atoms with Gasteiger partial charge in [-0.1, -0.05) is 11.8 Å². The predicted octanol–water partition coefficient (Wildman–Crippen LogP) is 1.61. The molecule has 0 fully saturated rings. The average molecular weight is 286 g/mol. The lowest BCUT2D eigenvalue weighted by Gasteiger charge is -2.08. The molecule has 2 heterocycles. The van der Waals surface area contributed by atoms with Gasteiger partial charge in [0.1, 0.15) is 11.1 Å². The molecule has 4 nitrogen and oxygen atoms in total. The van der Waals surface area contributed by atoms with Crippen LogP contribution in [0.1, 0.15) is 27.9 Å². The third kappa shape index (κ3) is 2.30. The Hall–Kier alpha value is -2.19. The molecule has 0 N–H and O–H groups in total. The van der Waals surface area contributed by atoms with Crippen molar-refractivity contribution in [3.63, 3.8) is 0 Å². The van der Waals surface area contributed by atoms with E-state index in [9.17, 15) is 13.8 Å². The Labute approximate surface area is 117 Å². The van der Waals surface area contributed by atoms with Crippen molar-refractivity contribution in [3.05, 3.63) is 45.3 Å². The van der Waals surface area contributed by atoms with E-state index >= 15 is 0 Å². The van der Waals surface area contributed by atoms with E-state index in [1.807, 2.05) is 0 Å². The van der Waals surface area contributed by atoms with Crippen LogP contribution in [0.2, 0.25) is 0 Å². The largest absolute Gasteiger partial charge is 0.422 e. The minimum atomic E-state index is -0.949. The molecule has 20 heavy (non-hydrogen) atoms. The van der Waals surface area contributed by atoms with Crippen LogP contribution in [0.15, 0.2) is 27.4 Å². The Morgan fingerprint density at radius 2 is 2.15 bits per heavy atom. The van der Waals surface area contributed by atoms with Gasteiger partial charge in [-0.15, -0.1) is 0 Å². The van der Waals surface area contributed by atoms with Gasteiger partial charge in [-0.3, -0.25) is 9.00 Å². The van der Waals surface area contributed by atoms with Crippen LogP contribution in [-0.4, -0.2) is 16.2 Å². The number of aldehydes is 1. The molecule has 0 amide bonds. The van der Waals surface area contributed by atoms with Gasteiger partial charge in [-0.05, 0) is 23.8 Å². The Morgan fingerprint density at radius 1 is 1.30 bits per heavy atom. The second kappa shape index (κ2) is 5.06. The van der Waals surface area contributed by atoms with Gasteiger partial charge in [0.05, 0.1) is 0 Å². The number of hydrogen-bond acceptors (Lipinski definition) is 4. The first-order valence-corrected chi connectivity index (χ1v) is 7.56. The maximum absolute atomic E-state index is 11.8. The molecule has 1 unspecified atom stereocenters. The van der Waals surface area contributed by atoms with Crippen LogP contribution in [0.4, 0.5) is 0 Å². The third-order valence-electron chi connectivity index (χ3n) is 3.11. The molecule has 3 rings (SSSR count). The summed E-state index contributed by atoms with van der Waals surface area (Å²) in [5, 5.41) is 0.643. The predicted molar refractivity (Wildman–Crippen MR) is 76.1 cm³/mol. The molecule has 0 spiro atoms. The minimum Gasteiger partial charge on any atom is -0.422 e. The molecule has 1 aliphatic heterocycles. The molecule has 0 radical (unpaired) electrons. The van der Waals surface area contributed by atoms with Crippen molar-refractivity contribution in [1.82, 2.24) is 0 Å². The smallest absolute Gasteiger partial charge is 0.346 e. The second-order valence-corrected chi connectivity index (χ2v) is 6.07. The summed E-state index contributed by atoms with van der Waals surface area (Å²) in [6.07, 6.45) is 1.07. The molecule has 1 atom stereocenters. The molecule has 2 aromatic rings. The molecule has 0 bridgehead atoms. The van der Waals surface area contributed by atoms with E-state index in [0.717, 1.165) is 11.1 Å². The van der Waals surface area contributed by atoms with E-state index in [-0.39, 0.29) is 5.56 Å². The number of rotatable bonds is 1. The molecule has 0 saturated carbocycles. The van der Waals surface area contributed by atoms with Crippen LogP contribution in [0.25, 0.3) is 11.0 Å². The zero-order chi connectivity index (χ0) is 14.1. The number of carbonyl (C=O) groups excluding carboxylic acids is 1. The van der Waals surface area contributed by atoms with Gasteiger partial charge in [0.2, 0.25) is 0 Å². The number of fused-ring (bicyclic) bond motifs is 2. The number of hydrogen-bond donors (Lipinski definition) is 0. The normalized spacial score (nSPS) is 17.5. The van der Waals surface area contributed by atoms with Gasteiger partial charge in [-0.2, -0.15) is 0 Å². The van der Waals surface area contributed by atoms with Gasteiger partial charge in [0, 0.05) is 39.7 Å². The summed E-state index contributed by atoms with van der Waals surface area (Å²) in [5.41, 5.74) is 1.30. The Kier molecular flexibility index (Phi) is 3.25. The maximum Gasteiger partial charge on any atom is 0.346 e. The van der Waals surface area contributed by atoms with Crippen molar-refractivity contribution in [2.24, 2.45) is 0 Å². The fourth-order valence-corrected chi connectivity index (χ4v) is 3.18. The van der Waals surface area contributed by atoms with Crippen LogP contribution in [0, 0.1) is 11.8 Å². The van der Waals surface area contributed by atoms with Crippen molar-refractivity contribution in [3.8, 4) is 11.8 Å². The summed E-state index contributed by atoms with van der Waals surface area (Å²) in [6.45, 7) is 0. The zero-order valence-corrected chi connectivity index (χ0v) is 11.3. The van der Waals surface area contributed by atoms with Gasteiger partial charge in [0.25, 0.3) is 0 Å². The molecule has 5 heteroatoms. The summed E-state index contributed by atoms with van der Waals surface area (Å²) in [6, 6.07) is 4.96. The highest BCUT2D eigenvalue weighted by Gasteiger charge is 2.12. The SMILES string of the molecule is O=Cc1cc2cc3c(cc2oc1=O)C#CCCS(=O)C3. The first-order chi connectivity index (χ1) is 9.67. The van der Waals surface area contributed by atoms with Crippen molar-refractivity contribution in [2.45, 2.75) is 12.2 Å². The third-order valence-corrected chi connectivity index (χ3v) is 4.40. The Bertz CT molecular complexity index is 852. The lowest BCUT2D eigenvalue weighted by Crippen LogP contribution is -2.07. The molecular formula is C15H10O4S. The summed E-state index contributed by atoms with van der Waals surface area (Å²) < 4.78 is 16.9. The highest BCUT2D eigenvalue weighted by molar-refractivity contribution is 7.84. The molecule has 1 aliphatic rings. The fraction of sp³-hybridized carbons (Fsp3) is 0.200. The van der Waals surface area contributed by atoms with E-state index in [4.69, 9.17) is 4.42 Å². The van der Waals surface area contributed by atoms with Gasteiger partial charge >= 0.3 is 5.63 Å². The molecule has 100 valence electrons. The number of carbonyl (C=O) groups is 1. The minimum absolute atomic E-state index is 0.0181. The molecular weight excluding hydrogens is 276 g/mol.